The third-order valence-corrected chi connectivity index (χ3v) is 4.37. The van der Waals surface area contributed by atoms with E-state index in [0.29, 0.717) is 23.5 Å². The topological polar surface area (TPSA) is 79.5 Å². The van der Waals surface area contributed by atoms with Crippen LogP contribution in [0.2, 0.25) is 0 Å². The molecule has 8 heteroatoms. The van der Waals surface area contributed by atoms with Gasteiger partial charge >= 0.3 is 0 Å². The standard InChI is InChI=1S/C18H18IN3O3S/c1-2-11-25-15-10-6-4-8-13(15)16(23)20-18(26)22-21-17(24)12-7-3-5-9-14(12)19/h3-10H,2,11H2,1H3,(H,21,24)(H2,20,22,23,26). The Balaban J connectivity index is 1.93. The molecule has 136 valence electrons. The second-order valence-corrected chi connectivity index (χ2v) is 6.76. The lowest BCUT2D eigenvalue weighted by atomic mass is 10.2. The van der Waals surface area contributed by atoms with Crippen LogP contribution in [-0.4, -0.2) is 23.5 Å². The summed E-state index contributed by atoms with van der Waals surface area (Å²) in [6.45, 7) is 2.50. The molecular formula is C18H18IN3O3S. The number of nitrogens with one attached hydrogen (secondary N) is 3. The summed E-state index contributed by atoms with van der Waals surface area (Å²) in [5, 5.41) is 2.51. The summed E-state index contributed by atoms with van der Waals surface area (Å²) in [4.78, 5) is 24.5. The second kappa shape index (κ2) is 10.1. The van der Waals surface area contributed by atoms with Crippen molar-refractivity contribution < 1.29 is 14.3 Å². The van der Waals surface area contributed by atoms with Crippen molar-refractivity contribution in [1.29, 1.82) is 0 Å². The zero-order valence-electron chi connectivity index (χ0n) is 14.0. The molecule has 0 aliphatic rings. The van der Waals surface area contributed by atoms with E-state index >= 15 is 0 Å². The molecule has 3 N–H and O–H groups in total. The number of carbonyl (C=O) groups excluding carboxylic acids is 2. The molecule has 0 radical (unpaired) electrons. The van der Waals surface area contributed by atoms with E-state index in [1.165, 1.54) is 0 Å². The number of hydrazine groups is 1. The molecule has 0 aromatic heterocycles. The van der Waals surface area contributed by atoms with Gasteiger partial charge in [-0.3, -0.25) is 25.8 Å². The van der Waals surface area contributed by atoms with Crippen LogP contribution in [-0.2, 0) is 0 Å². The van der Waals surface area contributed by atoms with E-state index in [2.05, 4.69) is 38.8 Å². The second-order valence-electron chi connectivity index (χ2n) is 5.19. The van der Waals surface area contributed by atoms with Gasteiger partial charge in [-0.1, -0.05) is 31.2 Å². The molecule has 0 spiro atoms. The van der Waals surface area contributed by atoms with E-state index in [-0.39, 0.29) is 11.0 Å². The summed E-state index contributed by atoms with van der Waals surface area (Å²) < 4.78 is 6.37. The fraction of sp³-hybridized carbons (Fsp3) is 0.167. The van der Waals surface area contributed by atoms with Crippen molar-refractivity contribution in [3.63, 3.8) is 0 Å². The average Bonchev–Trinajstić information content (AvgIpc) is 2.65. The minimum absolute atomic E-state index is 0.0143. The van der Waals surface area contributed by atoms with Crippen LogP contribution < -0.4 is 20.9 Å². The first-order valence-electron chi connectivity index (χ1n) is 7.91. The normalized spacial score (nSPS) is 9.92. The Hall–Kier alpha value is -2.20. The van der Waals surface area contributed by atoms with E-state index in [9.17, 15) is 9.59 Å². The molecule has 6 nitrogen and oxygen atoms in total. The van der Waals surface area contributed by atoms with Gasteiger partial charge < -0.3 is 4.74 Å². The SMILES string of the molecule is CCCOc1ccccc1C(=O)NC(=S)NNC(=O)c1ccccc1I. The third kappa shape index (κ3) is 5.67. The van der Waals surface area contributed by atoms with Gasteiger partial charge in [0.05, 0.1) is 17.7 Å². The highest BCUT2D eigenvalue weighted by atomic mass is 127. The molecule has 0 aliphatic carbocycles. The first-order valence-corrected chi connectivity index (χ1v) is 9.39. The van der Waals surface area contributed by atoms with Crippen LogP contribution in [0, 0.1) is 3.57 Å². The highest BCUT2D eigenvalue weighted by Crippen LogP contribution is 2.18. The molecule has 0 atom stereocenters. The highest BCUT2D eigenvalue weighted by Gasteiger charge is 2.14. The minimum Gasteiger partial charge on any atom is -0.493 e. The number of thiocarbonyl (C=S) groups is 1. The summed E-state index contributed by atoms with van der Waals surface area (Å²) in [5.41, 5.74) is 5.87. The number of rotatable bonds is 5. The zero-order valence-corrected chi connectivity index (χ0v) is 17.0. The summed E-state index contributed by atoms with van der Waals surface area (Å²) >= 11 is 7.13. The molecule has 0 saturated heterocycles. The number of halogens is 1. The van der Waals surface area contributed by atoms with Crippen molar-refractivity contribution in [3.05, 3.63) is 63.2 Å². The number of amides is 2. The maximum atomic E-state index is 12.4. The molecule has 2 rings (SSSR count). The molecule has 0 aliphatic heterocycles. The Labute approximate surface area is 170 Å². The van der Waals surface area contributed by atoms with Crippen LogP contribution >= 0.6 is 34.8 Å². The molecular weight excluding hydrogens is 465 g/mol. The van der Waals surface area contributed by atoms with E-state index < -0.39 is 5.91 Å². The van der Waals surface area contributed by atoms with E-state index in [0.717, 1.165) is 9.99 Å². The summed E-state index contributed by atoms with van der Waals surface area (Å²) in [7, 11) is 0. The number of hydrogen-bond acceptors (Lipinski definition) is 4. The lowest BCUT2D eigenvalue weighted by molar-refractivity contribution is 0.0933. The Bertz CT molecular complexity index is 814. The van der Waals surface area contributed by atoms with E-state index in [1.54, 1.807) is 36.4 Å². The number of para-hydroxylation sites is 1. The summed E-state index contributed by atoms with van der Waals surface area (Å²) in [5.74, 6) is -0.284. The number of benzene rings is 2. The van der Waals surface area contributed by atoms with Gasteiger partial charge in [0.2, 0.25) is 0 Å². The molecule has 2 amide bonds. The molecule has 2 aromatic carbocycles. The molecule has 0 saturated carbocycles. The molecule has 0 unspecified atom stereocenters. The number of ether oxygens (including phenoxy) is 1. The van der Waals surface area contributed by atoms with Crippen LogP contribution in [0.1, 0.15) is 34.1 Å². The van der Waals surface area contributed by atoms with Crippen molar-refractivity contribution in [2.75, 3.05) is 6.61 Å². The Morgan fingerprint density at radius 1 is 1.00 bits per heavy atom. The van der Waals surface area contributed by atoms with Gasteiger partial charge in [0.15, 0.2) is 5.11 Å². The molecule has 2 aromatic rings. The van der Waals surface area contributed by atoms with Crippen molar-refractivity contribution in [2.24, 2.45) is 0 Å². The first kappa shape index (κ1) is 20.1. The zero-order chi connectivity index (χ0) is 18.9. The lowest BCUT2D eigenvalue weighted by Crippen LogP contribution is -2.48. The van der Waals surface area contributed by atoms with Crippen molar-refractivity contribution in [3.8, 4) is 5.75 Å². The van der Waals surface area contributed by atoms with Crippen molar-refractivity contribution in [1.82, 2.24) is 16.2 Å². The Kier molecular flexibility index (Phi) is 7.79. The summed E-state index contributed by atoms with van der Waals surface area (Å²) in [6, 6.07) is 14.0. The Morgan fingerprint density at radius 3 is 2.35 bits per heavy atom. The van der Waals surface area contributed by atoms with Crippen LogP contribution in [0.15, 0.2) is 48.5 Å². The average molecular weight is 483 g/mol. The number of carbonyl (C=O) groups is 2. The monoisotopic (exact) mass is 483 g/mol. The highest BCUT2D eigenvalue weighted by molar-refractivity contribution is 14.1. The van der Waals surface area contributed by atoms with E-state index in [1.807, 2.05) is 19.1 Å². The molecule has 0 bridgehead atoms. The van der Waals surface area contributed by atoms with Gasteiger partial charge in [0.1, 0.15) is 5.75 Å². The van der Waals surface area contributed by atoms with Gasteiger partial charge in [-0.25, -0.2) is 0 Å². The molecule has 26 heavy (non-hydrogen) atoms. The quantitative estimate of drug-likeness (QED) is 0.346. The fourth-order valence-corrected chi connectivity index (χ4v) is 2.80. The van der Waals surface area contributed by atoms with Gasteiger partial charge in [-0.05, 0) is 65.5 Å². The molecule has 0 fully saturated rings. The fourth-order valence-electron chi connectivity index (χ4n) is 2.02. The maximum absolute atomic E-state index is 12.4. The van der Waals surface area contributed by atoms with E-state index in [4.69, 9.17) is 17.0 Å². The van der Waals surface area contributed by atoms with Crippen LogP contribution in [0.25, 0.3) is 0 Å². The van der Waals surface area contributed by atoms with Gasteiger partial charge in [0, 0.05) is 3.57 Å². The van der Waals surface area contributed by atoms with Crippen LogP contribution in [0.5, 0.6) is 5.75 Å². The summed E-state index contributed by atoms with van der Waals surface area (Å²) in [6.07, 6.45) is 0.834. The third-order valence-electron chi connectivity index (χ3n) is 3.23. The molecule has 0 heterocycles. The van der Waals surface area contributed by atoms with Crippen LogP contribution in [0.4, 0.5) is 0 Å². The van der Waals surface area contributed by atoms with Gasteiger partial charge in [-0.2, -0.15) is 0 Å². The minimum atomic E-state index is -0.419. The van der Waals surface area contributed by atoms with Gasteiger partial charge in [0.25, 0.3) is 11.8 Å². The van der Waals surface area contributed by atoms with Crippen molar-refractivity contribution >= 4 is 51.7 Å². The predicted molar refractivity (Wildman–Crippen MR) is 112 cm³/mol. The predicted octanol–water partition coefficient (Wildman–Crippen LogP) is 3.03. The maximum Gasteiger partial charge on any atom is 0.270 e. The van der Waals surface area contributed by atoms with Crippen LogP contribution in [0.3, 0.4) is 0 Å². The largest absolute Gasteiger partial charge is 0.493 e. The van der Waals surface area contributed by atoms with Crippen molar-refractivity contribution in [2.45, 2.75) is 13.3 Å². The van der Waals surface area contributed by atoms with Gasteiger partial charge in [-0.15, -0.1) is 0 Å². The number of hydrogen-bond donors (Lipinski definition) is 3. The lowest BCUT2D eigenvalue weighted by Gasteiger charge is -2.13. The smallest absolute Gasteiger partial charge is 0.270 e. The Morgan fingerprint density at radius 2 is 1.65 bits per heavy atom. The first-order chi connectivity index (χ1) is 12.5.